The summed E-state index contributed by atoms with van der Waals surface area (Å²) in [5.41, 5.74) is 2.79. The van der Waals surface area contributed by atoms with Gasteiger partial charge >= 0.3 is 0 Å². The van der Waals surface area contributed by atoms with Gasteiger partial charge in [-0.1, -0.05) is 15.9 Å². The van der Waals surface area contributed by atoms with Gasteiger partial charge in [0, 0.05) is 16.6 Å². The first-order valence-corrected chi connectivity index (χ1v) is 7.40. The second-order valence-electron chi connectivity index (χ2n) is 4.63. The number of imidazole rings is 1. The number of fused-ring (bicyclic) bond motifs is 1. The first kappa shape index (κ1) is 14.7. The number of nitrogens with zero attached hydrogens (tertiary/aromatic N) is 2. The average Bonchev–Trinajstić information content (AvgIpc) is 2.96. The minimum Gasteiger partial charge on any atom is -0.493 e. The Morgan fingerprint density at radius 3 is 2.23 bits per heavy atom. The molecule has 0 radical (unpaired) electrons. The minimum atomic E-state index is 0.569. The molecule has 2 aromatic carbocycles. The van der Waals surface area contributed by atoms with Crippen LogP contribution in [0.5, 0.6) is 17.2 Å². The molecule has 0 saturated heterocycles. The van der Waals surface area contributed by atoms with Gasteiger partial charge in [-0.15, -0.1) is 0 Å². The summed E-state index contributed by atoms with van der Waals surface area (Å²) in [5, 5.41) is 0. The van der Waals surface area contributed by atoms with Crippen LogP contribution < -0.4 is 14.2 Å². The molecule has 3 aromatic rings. The zero-order valence-corrected chi connectivity index (χ0v) is 14.0. The molecule has 0 amide bonds. The highest BCUT2D eigenvalue weighted by molar-refractivity contribution is 9.10. The highest BCUT2D eigenvalue weighted by Gasteiger charge is 2.15. The van der Waals surface area contributed by atoms with Gasteiger partial charge in [-0.05, 0) is 18.2 Å². The highest BCUT2D eigenvalue weighted by atomic mass is 79.9. The summed E-state index contributed by atoms with van der Waals surface area (Å²) in [6.45, 7) is 0. The fourth-order valence-corrected chi connectivity index (χ4v) is 2.74. The largest absolute Gasteiger partial charge is 0.493 e. The molecule has 0 aliphatic heterocycles. The molecule has 0 saturated carbocycles. The molecule has 5 nitrogen and oxygen atoms in total. The Hall–Kier alpha value is -2.21. The van der Waals surface area contributed by atoms with Crippen molar-refractivity contribution in [1.82, 2.24) is 9.55 Å². The normalized spacial score (nSPS) is 10.7. The molecule has 0 spiro atoms. The lowest BCUT2D eigenvalue weighted by molar-refractivity contribution is 0.324. The van der Waals surface area contributed by atoms with Gasteiger partial charge in [-0.2, -0.15) is 0 Å². The van der Waals surface area contributed by atoms with E-state index in [1.165, 1.54) is 0 Å². The van der Waals surface area contributed by atoms with E-state index in [0.29, 0.717) is 17.2 Å². The number of ether oxygens (including phenoxy) is 3. The van der Waals surface area contributed by atoms with Gasteiger partial charge in [-0.25, -0.2) is 4.98 Å². The van der Waals surface area contributed by atoms with E-state index in [-0.39, 0.29) is 0 Å². The number of hydrogen-bond acceptors (Lipinski definition) is 4. The van der Waals surface area contributed by atoms with Crippen molar-refractivity contribution in [2.75, 3.05) is 21.3 Å². The number of methoxy groups -OCH3 is 3. The van der Waals surface area contributed by atoms with Crippen LogP contribution in [0.25, 0.3) is 16.7 Å². The van der Waals surface area contributed by atoms with Crippen LogP contribution in [-0.4, -0.2) is 30.9 Å². The number of aromatic nitrogens is 2. The van der Waals surface area contributed by atoms with Crippen LogP contribution in [0.1, 0.15) is 0 Å². The maximum Gasteiger partial charge on any atom is 0.203 e. The molecule has 0 bridgehead atoms. The molecular weight excluding hydrogens is 348 g/mol. The van der Waals surface area contributed by atoms with E-state index in [2.05, 4.69) is 20.9 Å². The molecule has 0 aliphatic rings. The summed E-state index contributed by atoms with van der Waals surface area (Å²) in [6.07, 6.45) is 1.78. The Bertz CT molecular complexity index is 804. The fourth-order valence-electron chi connectivity index (χ4n) is 2.39. The van der Waals surface area contributed by atoms with Crippen LogP contribution in [0.15, 0.2) is 41.1 Å². The molecule has 22 heavy (non-hydrogen) atoms. The lowest BCUT2D eigenvalue weighted by Gasteiger charge is -2.14. The van der Waals surface area contributed by atoms with Crippen molar-refractivity contribution in [3.05, 3.63) is 41.1 Å². The van der Waals surface area contributed by atoms with Crippen molar-refractivity contribution < 1.29 is 14.2 Å². The summed E-state index contributed by atoms with van der Waals surface area (Å²) in [7, 11) is 4.79. The Balaban J connectivity index is 2.24. The molecule has 0 aliphatic carbocycles. The number of benzene rings is 2. The van der Waals surface area contributed by atoms with Crippen molar-refractivity contribution in [3.8, 4) is 22.9 Å². The topological polar surface area (TPSA) is 45.5 Å². The molecule has 0 atom stereocenters. The molecule has 0 N–H and O–H groups in total. The quantitative estimate of drug-likeness (QED) is 0.707. The van der Waals surface area contributed by atoms with Crippen molar-refractivity contribution in [2.24, 2.45) is 0 Å². The monoisotopic (exact) mass is 362 g/mol. The molecule has 1 heterocycles. The Kier molecular flexibility index (Phi) is 3.94. The first-order valence-electron chi connectivity index (χ1n) is 6.61. The van der Waals surface area contributed by atoms with Crippen LogP contribution in [0.2, 0.25) is 0 Å². The predicted octanol–water partition coefficient (Wildman–Crippen LogP) is 3.81. The maximum absolute atomic E-state index is 5.41. The summed E-state index contributed by atoms with van der Waals surface area (Å²) < 4.78 is 19.1. The van der Waals surface area contributed by atoms with Crippen LogP contribution in [0.3, 0.4) is 0 Å². The third-order valence-electron chi connectivity index (χ3n) is 3.44. The summed E-state index contributed by atoms with van der Waals surface area (Å²) in [4.78, 5) is 4.42. The van der Waals surface area contributed by atoms with Gasteiger partial charge in [-0.3, -0.25) is 4.57 Å². The standard InChI is InChI=1S/C16H15BrN2O3/c1-20-14-7-11(8-15(21-2)16(14)22-3)19-9-18-12-5-4-10(17)6-13(12)19/h4-9H,1-3H3. The van der Waals surface area contributed by atoms with Crippen molar-refractivity contribution in [3.63, 3.8) is 0 Å². The SMILES string of the molecule is COc1cc(-n2cnc3ccc(Br)cc32)cc(OC)c1OC. The molecule has 0 fully saturated rings. The van der Waals surface area contributed by atoms with E-state index < -0.39 is 0 Å². The van der Waals surface area contributed by atoms with E-state index in [0.717, 1.165) is 21.2 Å². The molecule has 114 valence electrons. The summed E-state index contributed by atoms with van der Waals surface area (Å²) in [5.74, 6) is 1.78. The lowest BCUT2D eigenvalue weighted by atomic mass is 10.2. The van der Waals surface area contributed by atoms with Crippen LogP contribution in [-0.2, 0) is 0 Å². The summed E-state index contributed by atoms with van der Waals surface area (Å²) >= 11 is 3.49. The highest BCUT2D eigenvalue weighted by Crippen LogP contribution is 2.39. The molecule has 1 aromatic heterocycles. The zero-order chi connectivity index (χ0) is 15.7. The lowest BCUT2D eigenvalue weighted by Crippen LogP contribution is -1.99. The third kappa shape index (κ3) is 2.39. The molecule has 3 rings (SSSR count). The Morgan fingerprint density at radius 2 is 1.64 bits per heavy atom. The first-order chi connectivity index (χ1) is 10.7. The average molecular weight is 363 g/mol. The van der Waals surface area contributed by atoms with Crippen LogP contribution in [0, 0.1) is 0 Å². The fraction of sp³-hybridized carbons (Fsp3) is 0.188. The minimum absolute atomic E-state index is 0.569. The van der Waals surface area contributed by atoms with E-state index in [1.54, 1.807) is 27.7 Å². The van der Waals surface area contributed by atoms with Gasteiger partial charge in [0.05, 0.1) is 38.1 Å². The predicted molar refractivity (Wildman–Crippen MR) is 88.4 cm³/mol. The van der Waals surface area contributed by atoms with Gasteiger partial charge in [0.25, 0.3) is 0 Å². The number of halogens is 1. The van der Waals surface area contributed by atoms with Gasteiger partial charge in [0.15, 0.2) is 11.5 Å². The van der Waals surface area contributed by atoms with Crippen molar-refractivity contribution in [1.29, 1.82) is 0 Å². The third-order valence-corrected chi connectivity index (χ3v) is 3.93. The Morgan fingerprint density at radius 1 is 0.955 bits per heavy atom. The maximum atomic E-state index is 5.41. The van der Waals surface area contributed by atoms with Crippen LogP contribution >= 0.6 is 15.9 Å². The summed E-state index contributed by atoms with van der Waals surface area (Å²) in [6, 6.07) is 9.74. The second-order valence-corrected chi connectivity index (χ2v) is 5.55. The van der Waals surface area contributed by atoms with E-state index in [1.807, 2.05) is 34.9 Å². The second kappa shape index (κ2) is 5.88. The van der Waals surface area contributed by atoms with Gasteiger partial charge in [0.1, 0.15) is 6.33 Å². The van der Waals surface area contributed by atoms with Gasteiger partial charge in [0.2, 0.25) is 5.75 Å². The van der Waals surface area contributed by atoms with Crippen molar-refractivity contribution in [2.45, 2.75) is 0 Å². The smallest absolute Gasteiger partial charge is 0.203 e. The van der Waals surface area contributed by atoms with E-state index in [9.17, 15) is 0 Å². The Labute approximate surface area is 136 Å². The van der Waals surface area contributed by atoms with Crippen molar-refractivity contribution >= 4 is 27.0 Å². The van der Waals surface area contributed by atoms with Gasteiger partial charge < -0.3 is 14.2 Å². The zero-order valence-electron chi connectivity index (χ0n) is 12.5. The number of hydrogen-bond donors (Lipinski definition) is 0. The van der Waals surface area contributed by atoms with E-state index >= 15 is 0 Å². The number of rotatable bonds is 4. The molecule has 0 unspecified atom stereocenters. The molecule has 6 heteroatoms. The van der Waals surface area contributed by atoms with E-state index in [4.69, 9.17) is 14.2 Å². The van der Waals surface area contributed by atoms with Crippen LogP contribution in [0.4, 0.5) is 0 Å². The molecular formula is C16H15BrN2O3.